The minimum absolute atomic E-state index is 0.0804. The molecule has 2 rings (SSSR count). The fourth-order valence-corrected chi connectivity index (χ4v) is 3.38. The molecule has 0 aromatic carbocycles. The second kappa shape index (κ2) is 4.58. The average molecular weight is 256 g/mol. The Morgan fingerprint density at radius 2 is 2.12 bits per heavy atom. The standard InChI is InChI=1S/C10H16N4O2S/c1-2-8-3-4-14(7-8)17(15,16)9-5-12-10(11)13-6-9/h5-6,8H,2-4,7H2,1H3,(H2,11,12,13). The summed E-state index contributed by atoms with van der Waals surface area (Å²) in [5.74, 6) is 0.538. The second-order valence-electron chi connectivity index (χ2n) is 4.20. The smallest absolute Gasteiger partial charge is 0.246 e. The summed E-state index contributed by atoms with van der Waals surface area (Å²) in [7, 11) is -3.45. The molecule has 0 saturated carbocycles. The Kier molecular flexibility index (Phi) is 3.30. The summed E-state index contributed by atoms with van der Waals surface area (Å²) in [6, 6.07) is 0. The van der Waals surface area contributed by atoms with E-state index in [-0.39, 0.29) is 10.8 Å². The van der Waals surface area contributed by atoms with Crippen LogP contribution in [-0.4, -0.2) is 35.8 Å². The zero-order valence-corrected chi connectivity index (χ0v) is 10.5. The van der Waals surface area contributed by atoms with Crippen LogP contribution < -0.4 is 5.73 Å². The van der Waals surface area contributed by atoms with Crippen LogP contribution in [0.25, 0.3) is 0 Å². The van der Waals surface area contributed by atoms with Gasteiger partial charge in [0.1, 0.15) is 4.90 Å². The molecule has 1 unspecified atom stereocenters. The quantitative estimate of drug-likeness (QED) is 0.849. The Morgan fingerprint density at radius 3 is 2.65 bits per heavy atom. The maximum atomic E-state index is 12.2. The van der Waals surface area contributed by atoms with E-state index < -0.39 is 10.0 Å². The summed E-state index contributed by atoms with van der Waals surface area (Å²) in [6.45, 7) is 3.24. The molecule has 0 radical (unpaired) electrons. The second-order valence-corrected chi connectivity index (χ2v) is 6.14. The summed E-state index contributed by atoms with van der Waals surface area (Å²) in [5.41, 5.74) is 5.34. The number of aromatic nitrogens is 2. The minimum atomic E-state index is -3.45. The highest BCUT2D eigenvalue weighted by Gasteiger charge is 2.32. The molecule has 1 aromatic heterocycles. The summed E-state index contributed by atoms with van der Waals surface area (Å²) >= 11 is 0. The molecule has 6 nitrogen and oxygen atoms in total. The molecule has 1 saturated heterocycles. The van der Waals surface area contributed by atoms with E-state index in [0.29, 0.717) is 19.0 Å². The van der Waals surface area contributed by atoms with Crippen molar-refractivity contribution in [2.45, 2.75) is 24.7 Å². The predicted octanol–water partition coefficient (Wildman–Crippen LogP) is 0.479. The van der Waals surface area contributed by atoms with Gasteiger partial charge in [0.2, 0.25) is 16.0 Å². The van der Waals surface area contributed by atoms with Crippen molar-refractivity contribution < 1.29 is 8.42 Å². The van der Waals surface area contributed by atoms with Crippen molar-refractivity contribution in [3.8, 4) is 0 Å². The molecular formula is C10H16N4O2S. The molecule has 1 atom stereocenters. The van der Waals surface area contributed by atoms with Crippen LogP contribution in [0.4, 0.5) is 5.95 Å². The molecule has 0 amide bonds. The first-order chi connectivity index (χ1) is 8.04. The number of nitrogens with two attached hydrogens (primary N) is 1. The Labute approximate surface area is 101 Å². The Balaban J connectivity index is 2.22. The van der Waals surface area contributed by atoms with Crippen LogP contribution in [0.15, 0.2) is 17.3 Å². The average Bonchev–Trinajstić information content (AvgIpc) is 2.78. The lowest BCUT2D eigenvalue weighted by Gasteiger charge is -2.15. The Morgan fingerprint density at radius 1 is 1.47 bits per heavy atom. The number of sulfonamides is 1. The maximum Gasteiger partial charge on any atom is 0.246 e. The van der Waals surface area contributed by atoms with E-state index in [1.807, 2.05) is 0 Å². The molecule has 2 heterocycles. The van der Waals surface area contributed by atoms with Gasteiger partial charge in [0, 0.05) is 13.1 Å². The van der Waals surface area contributed by atoms with Crippen molar-refractivity contribution in [1.82, 2.24) is 14.3 Å². The zero-order chi connectivity index (χ0) is 12.5. The van der Waals surface area contributed by atoms with E-state index in [1.54, 1.807) is 0 Å². The van der Waals surface area contributed by atoms with E-state index in [0.717, 1.165) is 12.8 Å². The lowest BCUT2D eigenvalue weighted by atomic mass is 10.1. The monoisotopic (exact) mass is 256 g/mol. The molecule has 1 aliphatic heterocycles. The van der Waals surface area contributed by atoms with Gasteiger partial charge in [-0.2, -0.15) is 4.31 Å². The van der Waals surface area contributed by atoms with E-state index in [1.165, 1.54) is 16.7 Å². The first-order valence-corrected chi connectivity index (χ1v) is 7.05. The van der Waals surface area contributed by atoms with Crippen molar-refractivity contribution in [3.05, 3.63) is 12.4 Å². The molecule has 94 valence electrons. The highest BCUT2D eigenvalue weighted by molar-refractivity contribution is 7.89. The number of hydrogen-bond donors (Lipinski definition) is 1. The van der Waals surface area contributed by atoms with Crippen LogP contribution >= 0.6 is 0 Å². The maximum absolute atomic E-state index is 12.2. The summed E-state index contributed by atoms with van der Waals surface area (Å²) in [5, 5.41) is 0. The van der Waals surface area contributed by atoms with Crippen molar-refractivity contribution in [3.63, 3.8) is 0 Å². The van der Waals surface area contributed by atoms with Crippen LogP contribution in [-0.2, 0) is 10.0 Å². The predicted molar refractivity (Wildman–Crippen MR) is 63.6 cm³/mol. The molecular weight excluding hydrogens is 240 g/mol. The van der Waals surface area contributed by atoms with Gasteiger partial charge in [0.15, 0.2) is 0 Å². The zero-order valence-electron chi connectivity index (χ0n) is 9.70. The van der Waals surface area contributed by atoms with Crippen molar-refractivity contribution in [1.29, 1.82) is 0 Å². The molecule has 17 heavy (non-hydrogen) atoms. The third-order valence-electron chi connectivity index (χ3n) is 3.11. The van der Waals surface area contributed by atoms with E-state index >= 15 is 0 Å². The minimum Gasteiger partial charge on any atom is -0.368 e. The topological polar surface area (TPSA) is 89.2 Å². The molecule has 2 N–H and O–H groups in total. The SMILES string of the molecule is CCC1CCN(S(=O)(=O)c2cnc(N)nc2)C1. The van der Waals surface area contributed by atoms with E-state index in [4.69, 9.17) is 5.73 Å². The largest absolute Gasteiger partial charge is 0.368 e. The van der Waals surface area contributed by atoms with Gasteiger partial charge in [0.25, 0.3) is 0 Å². The number of nitrogens with zero attached hydrogens (tertiary/aromatic N) is 3. The molecule has 1 aromatic rings. The van der Waals surface area contributed by atoms with Gasteiger partial charge in [-0.05, 0) is 12.3 Å². The third-order valence-corrected chi connectivity index (χ3v) is 4.93. The first-order valence-electron chi connectivity index (χ1n) is 5.61. The van der Waals surface area contributed by atoms with Crippen LogP contribution in [0.5, 0.6) is 0 Å². The number of anilines is 1. The van der Waals surface area contributed by atoms with Gasteiger partial charge in [-0.15, -0.1) is 0 Å². The normalized spacial score (nSPS) is 21.8. The molecule has 1 aliphatic rings. The molecule has 0 aliphatic carbocycles. The van der Waals surface area contributed by atoms with E-state index in [9.17, 15) is 8.42 Å². The van der Waals surface area contributed by atoms with Crippen LogP contribution in [0.1, 0.15) is 19.8 Å². The summed E-state index contributed by atoms with van der Waals surface area (Å²) in [4.78, 5) is 7.55. The summed E-state index contributed by atoms with van der Waals surface area (Å²) in [6.07, 6.45) is 4.45. The molecule has 1 fully saturated rings. The van der Waals surface area contributed by atoms with Gasteiger partial charge < -0.3 is 5.73 Å². The molecule has 0 bridgehead atoms. The van der Waals surface area contributed by atoms with Gasteiger partial charge in [0.05, 0.1) is 12.4 Å². The third kappa shape index (κ3) is 2.39. The number of nitrogen functional groups attached to an aromatic ring is 1. The lowest BCUT2D eigenvalue weighted by Crippen LogP contribution is -2.29. The van der Waals surface area contributed by atoms with Gasteiger partial charge >= 0.3 is 0 Å². The van der Waals surface area contributed by atoms with Gasteiger partial charge in [-0.3, -0.25) is 0 Å². The Hall–Kier alpha value is -1.21. The molecule has 7 heteroatoms. The van der Waals surface area contributed by atoms with Gasteiger partial charge in [-0.25, -0.2) is 18.4 Å². The summed E-state index contributed by atoms with van der Waals surface area (Å²) < 4.78 is 25.9. The van der Waals surface area contributed by atoms with Crippen LogP contribution in [0, 0.1) is 5.92 Å². The van der Waals surface area contributed by atoms with Crippen molar-refractivity contribution >= 4 is 16.0 Å². The van der Waals surface area contributed by atoms with Crippen molar-refractivity contribution in [2.75, 3.05) is 18.8 Å². The first kappa shape index (κ1) is 12.3. The fourth-order valence-electron chi connectivity index (χ4n) is 1.96. The highest BCUT2D eigenvalue weighted by atomic mass is 32.2. The molecule has 0 spiro atoms. The lowest BCUT2D eigenvalue weighted by molar-refractivity contribution is 0.452. The van der Waals surface area contributed by atoms with Crippen LogP contribution in [0.3, 0.4) is 0 Å². The van der Waals surface area contributed by atoms with Crippen molar-refractivity contribution in [2.24, 2.45) is 5.92 Å². The van der Waals surface area contributed by atoms with Gasteiger partial charge in [-0.1, -0.05) is 13.3 Å². The number of rotatable bonds is 3. The number of hydrogen-bond acceptors (Lipinski definition) is 5. The highest BCUT2D eigenvalue weighted by Crippen LogP contribution is 2.25. The van der Waals surface area contributed by atoms with E-state index in [2.05, 4.69) is 16.9 Å². The van der Waals surface area contributed by atoms with Crippen LogP contribution in [0.2, 0.25) is 0 Å². The Bertz CT molecular complexity index is 486. The fraction of sp³-hybridized carbons (Fsp3) is 0.600.